The van der Waals surface area contributed by atoms with Crippen molar-refractivity contribution in [2.75, 3.05) is 12.4 Å². The molecule has 104 valence electrons. The van der Waals surface area contributed by atoms with Crippen molar-refractivity contribution in [3.63, 3.8) is 0 Å². The fraction of sp³-hybridized carbons (Fsp3) is 0.929. The van der Waals surface area contributed by atoms with Gasteiger partial charge in [-0.3, -0.25) is 0 Å². The standard InChI is InChI=1S/C14H26N2OS/c1-11-4-2-3-5-13(7-6-11)18-9-8-12-10-17-14(15)16-12/h11-13H,2-10H2,1H3,(H2,15,16). The molecular formula is C14H26N2OS. The summed E-state index contributed by atoms with van der Waals surface area (Å²) < 4.78 is 5.18. The summed E-state index contributed by atoms with van der Waals surface area (Å²) in [5, 5.41) is 0.872. The third-order valence-corrected chi connectivity index (χ3v) is 5.41. The molecule has 3 unspecified atom stereocenters. The maximum atomic E-state index is 5.51. The SMILES string of the molecule is CC1CCCCC(SCCC2COC(N)=N2)CC1. The van der Waals surface area contributed by atoms with Gasteiger partial charge < -0.3 is 10.5 Å². The molecule has 0 spiro atoms. The third-order valence-electron chi connectivity index (χ3n) is 3.99. The Morgan fingerprint density at radius 2 is 2.11 bits per heavy atom. The number of hydrogen-bond acceptors (Lipinski definition) is 4. The average molecular weight is 270 g/mol. The zero-order valence-corrected chi connectivity index (χ0v) is 12.3. The van der Waals surface area contributed by atoms with E-state index in [2.05, 4.69) is 23.7 Å². The molecule has 3 nitrogen and oxygen atoms in total. The van der Waals surface area contributed by atoms with Crippen molar-refractivity contribution in [1.82, 2.24) is 0 Å². The number of aliphatic imine (C=N–C) groups is 1. The zero-order chi connectivity index (χ0) is 12.8. The van der Waals surface area contributed by atoms with E-state index in [1.807, 2.05) is 0 Å². The van der Waals surface area contributed by atoms with Crippen LogP contribution in [0.15, 0.2) is 4.99 Å². The van der Waals surface area contributed by atoms with Crippen LogP contribution in [-0.4, -0.2) is 29.7 Å². The first-order valence-corrected chi connectivity index (χ1v) is 8.36. The number of ether oxygens (including phenoxy) is 1. The molecule has 1 heterocycles. The molecule has 0 aromatic carbocycles. The van der Waals surface area contributed by atoms with Gasteiger partial charge in [0.05, 0.1) is 6.04 Å². The first-order valence-electron chi connectivity index (χ1n) is 7.31. The van der Waals surface area contributed by atoms with Crippen molar-refractivity contribution in [3.05, 3.63) is 0 Å². The van der Waals surface area contributed by atoms with E-state index in [9.17, 15) is 0 Å². The molecule has 1 aliphatic carbocycles. The summed E-state index contributed by atoms with van der Waals surface area (Å²) in [6, 6.07) is 0.690. The van der Waals surface area contributed by atoms with Gasteiger partial charge in [-0.25, -0.2) is 4.99 Å². The largest absolute Gasteiger partial charge is 0.463 e. The Morgan fingerprint density at radius 3 is 2.89 bits per heavy atom. The Morgan fingerprint density at radius 1 is 1.28 bits per heavy atom. The lowest BCUT2D eigenvalue weighted by Gasteiger charge is -2.22. The maximum Gasteiger partial charge on any atom is 0.282 e. The molecule has 2 rings (SSSR count). The van der Waals surface area contributed by atoms with Gasteiger partial charge in [-0.1, -0.05) is 26.2 Å². The van der Waals surface area contributed by atoms with Gasteiger partial charge in [-0.05, 0) is 37.4 Å². The molecule has 0 bridgehead atoms. The summed E-state index contributed by atoms with van der Waals surface area (Å²) in [5.41, 5.74) is 5.51. The Bertz CT molecular complexity index is 283. The lowest BCUT2D eigenvalue weighted by Crippen LogP contribution is -2.13. The number of thioether (sulfide) groups is 1. The molecule has 0 amide bonds. The topological polar surface area (TPSA) is 47.6 Å². The number of hydrogen-bond donors (Lipinski definition) is 1. The van der Waals surface area contributed by atoms with Crippen LogP contribution in [-0.2, 0) is 4.74 Å². The van der Waals surface area contributed by atoms with E-state index in [4.69, 9.17) is 10.5 Å². The number of nitrogens with two attached hydrogens (primary N) is 1. The lowest BCUT2D eigenvalue weighted by molar-refractivity contribution is 0.311. The second-order valence-corrected chi connectivity index (χ2v) is 7.09. The first kappa shape index (κ1) is 14.0. The summed E-state index contributed by atoms with van der Waals surface area (Å²) in [4.78, 5) is 4.28. The predicted octanol–water partition coefficient (Wildman–Crippen LogP) is 3.18. The van der Waals surface area contributed by atoms with Crippen molar-refractivity contribution in [1.29, 1.82) is 0 Å². The van der Waals surface area contributed by atoms with Crippen molar-refractivity contribution in [2.45, 2.75) is 63.2 Å². The van der Waals surface area contributed by atoms with Crippen molar-refractivity contribution in [2.24, 2.45) is 16.6 Å². The Labute approximate surface area is 115 Å². The van der Waals surface area contributed by atoms with Crippen LogP contribution in [0.3, 0.4) is 0 Å². The molecule has 2 aliphatic rings. The summed E-state index contributed by atoms with van der Waals surface area (Å²) in [7, 11) is 0. The van der Waals surface area contributed by atoms with Crippen LogP contribution in [0.1, 0.15) is 51.9 Å². The minimum Gasteiger partial charge on any atom is -0.463 e. The molecule has 3 atom stereocenters. The molecule has 0 aromatic heterocycles. The van der Waals surface area contributed by atoms with Crippen molar-refractivity contribution in [3.8, 4) is 0 Å². The number of nitrogens with zero attached hydrogens (tertiary/aromatic N) is 1. The third kappa shape index (κ3) is 4.71. The highest BCUT2D eigenvalue weighted by Crippen LogP contribution is 2.30. The van der Waals surface area contributed by atoms with Crippen LogP contribution in [0.2, 0.25) is 0 Å². The Hall–Kier alpha value is -0.380. The van der Waals surface area contributed by atoms with Gasteiger partial charge in [0.15, 0.2) is 0 Å². The van der Waals surface area contributed by atoms with E-state index in [0.29, 0.717) is 18.7 Å². The van der Waals surface area contributed by atoms with Crippen LogP contribution >= 0.6 is 11.8 Å². The van der Waals surface area contributed by atoms with E-state index >= 15 is 0 Å². The zero-order valence-electron chi connectivity index (χ0n) is 11.4. The molecule has 1 fully saturated rings. The summed E-state index contributed by atoms with van der Waals surface area (Å²) in [5.74, 6) is 2.13. The van der Waals surface area contributed by atoms with E-state index in [1.54, 1.807) is 0 Å². The van der Waals surface area contributed by atoms with Gasteiger partial charge >= 0.3 is 0 Å². The van der Waals surface area contributed by atoms with E-state index in [0.717, 1.165) is 17.6 Å². The minimum absolute atomic E-state index is 0.310. The van der Waals surface area contributed by atoms with Crippen LogP contribution in [0.5, 0.6) is 0 Å². The second kappa shape index (κ2) is 7.27. The van der Waals surface area contributed by atoms with Crippen molar-refractivity contribution >= 4 is 17.8 Å². The number of amidine groups is 1. The van der Waals surface area contributed by atoms with Gasteiger partial charge in [0.1, 0.15) is 6.61 Å². The van der Waals surface area contributed by atoms with Gasteiger partial charge in [-0.15, -0.1) is 0 Å². The molecule has 2 N–H and O–H groups in total. The van der Waals surface area contributed by atoms with Crippen LogP contribution in [0, 0.1) is 5.92 Å². The van der Waals surface area contributed by atoms with Gasteiger partial charge in [0.2, 0.25) is 0 Å². The molecule has 0 aromatic rings. The van der Waals surface area contributed by atoms with Gasteiger partial charge in [-0.2, -0.15) is 11.8 Å². The Kier molecular flexibility index (Phi) is 5.67. The summed E-state index contributed by atoms with van der Waals surface area (Å²) in [6.07, 6.45) is 9.61. The fourth-order valence-corrected chi connectivity index (χ4v) is 4.12. The van der Waals surface area contributed by atoms with E-state index in [1.165, 1.54) is 44.3 Å². The quantitative estimate of drug-likeness (QED) is 0.853. The average Bonchev–Trinajstić information content (AvgIpc) is 2.73. The molecule has 1 saturated carbocycles. The smallest absolute Gasteiger partial charge is 0.282 e. The molecule has 0 radical (unpaired) electrons. The summed E-state index contributed by atoms with van der Waals surface area (Å²) >= 11 is 2.14. The first-order chi connectivity index (χ1) is 8.74. The van der Waals surface area contributed by atoms with Crippen LogP contribution in [0.25, 0.3) is 0 Å². The van der Waals surface area contributed by atoms with E-state index in [-0.39, 0.29) is 0 Å². The highest BCUT2D eigenvalue weighted by Gasteiger charge is 2.18. The lowest BCUT2D eigenvalue weighted by atomic mass is 9.92. The highest BCUT2D eigenvalue weighted by atomic mass is 32.2. The normalized spacial score (nSPS) is 33.4. The van der Waals surface area contributed by atoms with E-state index < -0.39 is 0 Å². The second-order valence-electron chi connectivity index (χ2n) is 5.68. The van der Waals surface area contributed by atoms with Crippen LogP contribution in [0.4, 0.5) is 0 Å². The predicted molar refractivity (Wildman–Crippen MR) is 79.1 cm³/mol. The van der Waals surface area contributed by atoms with Crippen molar-refractivity contribution < 1.29 is 4.74 Å². The molecule has 1 aliphatic heterocycles. The fourth-order valence-electron chi connectivity index (χ4n) is 2.75. The highest BCUT2D eigenvalue weighted by molar-refractivity contribution is 7.99. The number of rotatable bonds is 4. The van der Waals surface area contributed by atoms with Gasteiger partial charge in [0, 0.05) is 5.25 Å². The minimum atomic E-state index is 0.310. The molecular weight excluding hydrogens is 244 g/mol. The molecule has 0 saturated heterocycles. The maximum absolute atomic E-state index is 5.51. The van der Waals surface area contributed by atoms with Gasteiger partial charge in [0.25, 0.3) is 6.02 Å². The van der Waals surface area contributed by atoms with Crippen LogP contribution < -0.4 is 5.73 Å². The molecule has 18 heavy (non-hydrogen) atoms. The monoisotopic (exact) mass is 270 g/mol. The molecule has 4 heteroatoms. The summed E-state index contributed by atoms with van der Waals surface area (Å²) in [6.45, 7) is 3.09. The Balaban J connectivity index is 1.63.